The van der Waals surface area contributed by atoms with Gasteiger partial charge in [0.1, 0.15) is 0 Å². The molecule has 1 aromatic rings. The van der Waals surface area contributed by atoms with Crippen molar-refractivity contribution in [1.29, 1.82) is 0 Å². The maximum absolute atomic E-state index is 13.6. The van der Waals surface area contributed by atoms with Gasteiger partial charge in [0.15, 0.2) is 11.6 Å². The highest BCUT2D eigenvalue weighted by Gasteiger charge is 2.15. The number of likely N-dealkylation sites (N-methyl/N-ethyl adjacent to an activating group) is 1. The van der Waals surface area contributed by atoms with Crippen molar-refractivity contribution in [2.24, 2.45) is 0 Å². The Balaban J connectivity index is 2.89. The van der Waals surface area contributed by atoms with Crippen LogP contribution in [0.1, 0.15) is 25.5 Å². The predicted octanol–water partition coefficient (Wildman–Crippen LogP) is 2.52. The normalized spacial score (nSPS) is 12.8. The van der Waals surface area contributed by atoms with E-state index in [1.807, 2.05) is 27.0 Å². The molecule has 0 spiro atoms. The van der Waals surface area contributed by atoms with Crippen molar-refractivity contribution in [2.75, 3.05) is 20.7 Å². The monoisotopic (exact) mass is 241 g/mol. The average Bonchev–Trinajstić information content (AvgIpc) is 2.28. The Morgan fingerprint density at radius 2 is 2.06 bits per heavy atom. The van der Waals surface area contributed by atoms with Crippen molar-refractivity contribution in [3.05, 3.63) is 29.6 Å². The van der Waals surface area contributed by atoms with Gasteiger partial charge >= 0.3 is 0 Å². The second kappa shape index (κ2) is 6.57. The maximum atomic E-state index is 13.6. The summed E-state index contributed by atoms with van der Waals surface area (Å²) in [5.74, 6) is -0.111. The van der Waals surface area contributed by atoms with Crippen LogP contribution in [0.4, 0.5) is 4.39 Å². The van der Waals surface area contributed by atoms with Gasteiger partial charge in [-0.05, 0) is 38.6 Å². The van der Waals surface area contributed by atoms with E-state index in [2.05, 4.69) is 5.32 Å². The highest BCUT2D eigenvalue weighted by molar-refractivity contribution is 5.30. The molecule has 3 nitrogen and oxygen atoms in total. The lowest BCUT2D eigenvalue weighted by Gasteiger charge is -2.21. The van der Waals surface area contributed by atoms with Gasteiger partial charge in [-0.15, -0.1) is 0 Å². The minimum absolute atomic E-state index is 0.0958. The lowest BCUT2D eigenvalue weighted by Crippen LogP contribution is -2.22. The highest BCUT2D eigenvalue weighted by Crippen LogP contribution is 2.24. The first kappa shape index (κ1) is 13.9. The molecule has 0 fully saturated rings. The van der Waals surface area contributed by atoms with Crippen LogP contribution in [0.3, 0.4) is 0 Å². The highest BCUT2D eigenvalue weighted by atomic mass is 19.1. The first-order chi connectivity index (χ1) is 8.08. The van der Waals surface area contributed by atoms with Crippen LogP contribution in [0.25, 0.3) is 0 Å². The van der Waals surface area contributed by atoms with Crippen molar-refractivity contribution in [3.63, 3.8) is 0 Å². The van der Waals surface area contributed by atoms with Gasteiger partial charge in [0.25, 0.3) is 0 Å². The minimum atomic E-state index is -0.363. The van der Waals surface area contributed by atoms with E-state index >= 15 is 0 Å². The van der Waals surface area contributed by atoms with Crippen LogP contribution < -0.4 is 10.1 Å². The van der Waals surface area contributed by atoms with Crippen molar-refractivity contribution < 1.29 is 13.9 Å². The smallest absolute Gasteiger partial charge is 0.165 e. The zero-order chi connectivity index (χ0) is 12.8. The van der Waals surface area contributed by atoms with Gasteiger partial charge in [0.2, 0.25) is 0 Å². The van der Waals surface area contributed by atoms with E-state index < -0.39 is 0 Å². The van der Waals surface area contributed by atoms with E-state index in [1.54, 1.807) is 6.07 Å². The molecule has 1 atom stereocenters. The number of nitrogens with one attached hydrogen (secondary N) is 1. The molecule has 0 amide bonds. The zero-order valence-corrected chi connectivity index (χ0v) is 10.8. The Morgan fingerprint density at radius 3 is 2.53 bits per heavy atom. The molecule has 1 rings (SSSR count). The molecule has 0 heterocycles. The van der Waals surface area contributed by atoms with Crippen LogP contribution in [0.5, 0.6) is 5.75 Å². The average molecular weight is 241 g/mol. The molecular formula is C13H20FNO2. The number of rotatable bonds is 6. The van der Waals surface area contributed by atoms with E-state index in [1.165, 1.54) is 13.2 Å². The van der Waals surface area contributed by atoms with E-state index in [0.717, 1.165) is 5.56 Å². The molecule has 1 N–H and O–H groups in total. The lowest BCUT2D eigenvalue weighted by molar-refractivity contribution is 0.00795. The first-order valence-corrected chi connectivity index (χ1v) is 5.72. The predicted molar refractivity (Wildman–Crippen MR) is 65.8 cm³/mol. The number of halogens is 1. The summed E-state index contributed by atoms with van der Waals surface area (Å²) in [6, 6.07) is 4.91. The fourth-order valence-electron chi connectivity index (χ4n) is 1.64. The molecule has 4 heteroatoms. The third kappa shape index (κ3) is 3.98. The number of hydrogen-bond acceptors (Lipinski definition) is 3. The molecule has 17 heavy (non-hydrogen) atoms. The summed E-state index contributed by atoms with van der Waals surface area (Å²) >= 11 is 0. The van der Waals surface area contributed by atoms with E-state index in [9.17, 15) is 4.39 Å². The van der Waals surface area contributed by atoms with Gasteiger partial charge < -0.3 is 14.8 Å². The molecule has 0 radical (unpaired) electrons. The first-order valence-electron chi connectivity index (χ1n) is 5.72. The summed E-state index contributed by atoms with van der Waals surface area (Å²) in [7, 11) is 3.30. The van der Waals surface area contributed by atoms with Crippen LogP contribution in [0.15, 0.2) is 18.2 Å². The summed E-state index contributed by atoms with van der Waals surface area (Å²) in [4.78, 5) is 0. The van der Waals surface area contributed by atoms with Gasteiger partial charge in [-0.25, -0.2) is 4.39 Å². The Labute approximate surface area is 102 Å². The number of methoxy groups -OCH3 is 1. The topological polar surface area (TPSA) is 30.5 Å². The summed E-state index contributed by atoms with van der Waals surface area (Å²) in [6.45, 7) is 4.56. The SMILES string of the molecule is CNC[C@@H](OC(C)C)c1ccc(OC)c(F)c1. The number of hydrogen-bond donors (Lipinski definition) is 1. The Kier molecular flexibility index (Phi) is 5.38. The molecule has 96 valence electrons. The van der Waals surface area contributed by atoms with Crippen molar-refractivity contribution in [2.45, 2.75) is 26.1 Å². The molecule has 1 aromatic carbocycles. The Hall–Kier alpha value is -1.13. The van der Waals surface area contributed by atoms with E-state index in [-0.39, 0.29) is 23.8 Å². The molecule has 0 bridgehead atoms. The second-order valence-electron chi connectivity index (χ2n) is 4.13. The van der Waals surface area contributed by atoms with E-state index in [4.69, 9.17) is 9.47 Å². The van der Waals surface area contributed by atoms with Crippen molar-refractivity contribution in [3.8, 4) is 5.75 Å². The fourth-order valence-corrected chi connectivity index (χ4v) is 1.64. The van der Waals surface area contributed by atoms with Crippen molar-refractivity contribution >= 4 is 0 Å². The minimum Gasteiger partial charge on any atom is -0.494 e. The molecule has 0 saturated carbocycles. The molecule has 0 aromatic heterocycles. The standard InChI is InChI=1S/C13H20FNO2/c1-9(2)17-13(8-15-3)10-5-6-12(16-4)11(14)7-10/h5-7,9,13,15H,8H2,1-4H3/t13-/m1/s1. The molecule has 0 aliphatic rings. The summed E-state index contributed by atoms with van der Waals surface area (Å²) in [6.07, 6.45) is -0.0566. The molecular weight excluding hydrogens is 221 g/mol. The van der Waals surface area contributed by atoms with Gasteiger partial charge in [0.05, 0.1) is 19.3 Å². The third-order valence-corrected chi connectivity index (χ3v) is 2.37. The lowest BCUT2D eigenvalue weighted by atomic mass is 10.1. The maximum Gasteiger partial charge on any atom is 0.165 e. The van der Waals surface area contributed by atoms with Crippen LogP contribution >= 0.6 is 0 Å². The van der Waals surface area contributed by atoms with Crippen LogP contribution in [0.2, 0.25) is 0 Å². The summed E-state index contributed by atoms with van der Waals surface area (Å²) < 4.78 is 24.2. The summed E-state index contributed by atoms with van der Waals surface area (Å²) in [5.41, 5.74) is 0.811. The Bertz CT molecular complexity index is 355. The van der Waals surface area contributed by atoms with Gasteiger partial charge in [-0.1, -0.05) is 6.07 Å². The largest absolute Gasteiger partial charge is 0.494 e. The zero-order valence-electron chi connectivity index (χ0n) is 10.8. The van der Waals surface area contributed by atoms with Gasteiger partial charge in [0, 0.05) is 6.54 Å². The van der Waals surface area contributed by atoms with Crippen LogP contribution in [0, 0.1) is 5.82 Å². The molecule has 0 aliphatic heterocycles. The van der Waals surface area contributed by atoms with Crippen LogP contribution in [-0.2, 0) is 4.74 Å². The number of benzene rings is 1. The van der Waals surface area contributed by atoms with Gasteiger partial charge in [-0.3, -0.25) is 0 Å². The number of ether oxygens (including phenoxy) is 2. The van der Waals surface area contributed by atoms with E-state index in [0.29, 0.717) is 6.54 Å². The second-order valence-corrected chi connectivity index (χ2v) is 4.13. The quantitative estimate of drug-likeness (QED) is 0.830. The third-order valence-electron chi connectivity index (χ3n) is 2.37. The molecule has 0 saturated heterocycles. The van der Waals surface area contributed by atoms with Gasteiger partial charge in [-0.2, -0.15) is 0 Å². The Morgan fingerprint density at radius 1 is 1.35 bits per heavy atom. The molecule has 0 unspecified atom stereocenters. The summed E-state index contributed by atoms with van der Waals surface area (Å²) in [5, 5.41) is 3.04. The van der Waals surface area contributed by atoms with Crippen LogP contribution in [-0.4, -0.2) is 26.8 Å². The van der Waals surface area contributed by atoms with Crippen molar-refractivity contribution in [1.82, 2.24) is 5.32 Å². The fraction of sp³-hybridized carbons (Fsp3) is 0.538. The molecule has 0 aliphatic carbocycles.